The minimum Gasteiger partial charge on any atom is -0.444 e. The summed E-state index contributed by atoms with van der Waals surface area (Å²) in [7, 11) is 1.62. The molecule has 0 aromatic heterocycles. The second kappa shape index (κ2) is 8.85. The maximum Gasteiger partial charge on any atom is 0.408 e. The van der Waals surface area contributed by atoms with Crippen molar-refractivity contribution in [2.45, 2.75) is 64.8 Å². The molecular formula is C19H30N2O4. The smallest absolute Gasteiger partial charge is 0.408 e. The normalized spacial score (nSPS) is 15.0. The van der Waals surface area contributed by atoms with E-state index in [1.807, 2.05) is 37.3 Å². The zero-order valence-electron chi connectivity index (χ0n) is 15.9. The van der Waals surface area contributed by atoms with Gasteiger partial charge in [-0.05, 0) is 39.7 Å². The number of rotatable bonds is 6. The van der Waals surface area contributed by atoms with E-state index in [9.17, 15) is 14.7 Å². The Morgan fingerprint density at radius 2 is 1.80 bits per heavy atom. The van der Waals surface area contributed by atoms with Crippen molar-refractivity contribution < 1.29 is 19.4 Å². The van der Waals surface area contributed by atoms with Gasteiger partial charge >= 0.3 is 6.09 Å². The number of likely N-dealkylation sites (N-methyl/N-ethyl adjacent to an activating group) is 1. The highest BCUT2D eigenvalue weighted by molar-refractivity contribution is 5.85. The van der Waals surface area contributed by atoms with Crippen LogP contribution in [0.4, 0.5) is 4.79 Å². The molecule has 1 aromatic carbocycles. The zero-order valence-corrected chi connectivity index (χ0v) is 15.9. The van der Waals surface area contributed by atoms with Crippen LogP contribution in [0.3, 0.4) is 0 Å². The van der Waals surface area contributed by atoms with Gasteiger partial charge in [-0.15, -0.1) is 0 Å². The minimum atomic E-state index is -0.811. The van der Waals surface area contributed by atoms with E-state index >= 15 is 0 Å². The first-order valence-corrected chi connectivity index (χ1v) is 8.56. The van der Waals surface area contributed by atoms with Crippen molar-refractivity contribution in [2.75, 3.05) is 7.05 Å². The molecule has 0 fully saturated rings. The Kier molecular flexibility index (Phi) is 7.42. The highest BCUT2D eigenvalue weighted by atomic mass is 16.6. The van der Waals surface area contributed by atoms with Crippen molar-refractivity contribution in [2.24, 2.45) is 0 Å². The molecule has 0 saturated heterocycles. The summed E-state index contributed by atoms with van der Waals surface area (Å²) in [5.74, 6) is -0.268. The highest BCUT2D eigenvalue weighted by Gasteiger charge is 2.30. The van der Waals surface area contributed by atoms with Gasteiger partial charge in [0.1, 0.15) is 11.6 Å². The summed E-state index contributed by atoms with van der Waals surface area (Å²) >= 11 is 0. The molecule has 0 aliphatic heterocycles. The number of amides is 2. The quantitative estimate of drug-likeness (QED) is 0.827. The number of carbonyl (C=O) groups excluding carboxylic acids is 2. The number of benzene rings is 1. The van der Waals surface area contributed by atoms with Crippen molar-refractivity contribution in [1.29, 1.82) is 0 Å². The lowest BCUT2D eigenvalue weighted by Gasteiger charge is -2.32. The Hall–Kier alpha value is -2.08. The Labute approximate surface area is 150 Å². The maximum atomic E-state index is 12.7. The monoisotopic (exact) mass is 350 g/mol. The average molecular weight is 350 g/mol. The Bertz CT molecular complexity index is 569. The van der Waals surface area contributed by atoms with Crippen LogP contribution in [-0.4, -0.2) is 46.7 Å². The minimum absolute atomic E-state index is 0.268. The molecule has 0 spiro atoms. The van der Waals surface area contributed by atoms with E-state index in [-0.39, 0.29) is 5.91 Å². The third-order valence-corrected chi connectivity index (χ3v) is 3.95. The molecule has 6 nitrogen and oxygen atoms in total. The van der Waals surface area contributed by atoms with Crippen LogP contribution in [0.25, 0.3) is 0 Å². The predicted octanol–water partition coefficient (Wildman–Crippen LogP) is 2.87. The number of nitrogens with one attached hydrogen (secondary N) is 1. The average Bonchev–Trinajstić information content (AvgIpc) is 2.56. The molecule has 25 heavy (non-hydrogen) atoms. The summed E-state index contributed by atoms with van der Waals surface area (Å²) in [6.45, 7) is 8.88. The number of hydrogen-bond acceptors (Lipinski definition) is 4. The standard InChI is InChI=1S/C19H30N2O4/c1-7-15(20-18(24)25-19(3,4)5)17(23)21(6)13(2)16(22)14-11-9-8-10-12-14/h8-13,15-16,22H,7H2,1-6H3,(H,20,24)/t13-,15?,16+/m0/s1. The van der Waals surface area contributed by atoms with Gasteiger partial charge < -0.3 is 20.1 Å². The van der Waals surface area contributed by atoms with Gasteiger partial charge in [-0.1, -0.05) is 37.3 Å². The second-order valence-electron chi connectivity index (χ2n) is 7.15. The van der Waals surface area contributed by atoms with Gasteiger partial charge in [-0.2, -0.15) is 0 Å². The highest BCUT2D eigenvalue weighted by Crippen LogP contribution is 2.20. The van der Waals surface area contributed by atoms with Crippen LogP contribution in [0.5, 0.6) is 0 Å². The van der Waals surface area contributed by atoms with E-state index in [4.69, 9.17) is 4.74 Å². The number of nitrogens with zero attached hydrogens (tertiary/aromatic N) is 1. The van der Waals surface area contributed by atoms with Gasteiger partial charge in [-0.25, -0.2) is 4.79 Å². The SMILES string of the molecule is CCC(NC(=O)OC(C)(C)C)C(=O)N(C)[C@@H](C)[C@@H](O)c1ccccc1. The molecule has 0 bridgehead atoms. The van der Waals surface area contributed by atoms with E-state index in [1.54, 1.807) is 34.7 Å². The number of hydrogen-bond donors (Lipinski definition) is 2. The van der Waals surface area contributed by atoms with Crippen LogP contribution in [-0.2, 0) is 9.53 Å². The third kappa shape index (κ3) is 6.38. The van der Waals surface area contributed by atoms with Crippen molar-refractivity contribution in [3.05, 3.63) is 35.9 Å². The molecule has 2 N–H and O–H groups in total. The van der Waals surface area contributed by atoms with Crippen molar-refractivity contribution in [3.8, 4) is 0 Å². The Balaban J connectivity index is 2.76. The number of aliphatic hydroxyl groups is 1. The van der Waals surface area contributed by atoms with Crippen LogP contribution in [0.15, 0.2) is 30.3 Å². The predicted molar refractivity (Wildman–Crippen MR) is 97.1 cm³/mol. The van der Waals surface area contributed by atoms with Crippen molar-refractivity contribution in [1.82, 2.24) is 10.2 Å². The van der Waals surface area contributed by atoms with Gasteiger partial charge in [0.25, 0.3) is 0 Å². The zero-order chi connectivity index (χ0) is 19.2. The molecule has 1 unspecified atom stereocenters. The van der Waals surface area contributed by atoms with Crippen molar-refractivity contribution in [3.63, 3.8) is 0 Å². The molecule has 0 saturated carbocycles. The fourth-order valence-corrected chi connectivity index (χ4v) is 2.38. The molecule has 1 rings (SSSR count). The maximum absolute atomic E-state index is 12.7. The van der Waals surface area contributed by atoms with Crippen LogP contribution in [0, 0.1) is 0 Å². The van der Waals surface area contributed by atoms with Crippen LogP contribution in [0.1, 0.15) is 52.7 Å². The fraction of sp³-hybridized carbons (Fsp3) is 0.579. The summed E-state index contributed by atoms with van der Waals surface area (Å²) in [4.78, 5) is 26.1. The summed E-state index contributed by atoms with van der Waals surface area (Å²) in [5.41, 5.74) is 0.108. The summed E-state index contributed by atoms with van der Waals surface area (Å²) in [5, 5.41) is 13.1. The van der Waals surface area contributed by atoms with Crippen molar-refractivity contribution >= 4 is 12.0 Å². The van der Waals surface area contributed by atoms with Gasteiger partial charge in [0, 0.05) is 7.05 Å². The van der Waals surface area contributed by atoms with Crippen LogP contribution < -0.4 is 5.32 Å². The van der Waals surface area contributed by atoms with Gasteiger partial charge in [0.05, 0.1) is 12.1 Å². The fourth-order valence-electron chi connectivity index (χ4n) is 2.38. The first-order valence-electron chi connectivity index (χ1n) is 8.56. The van der Waals surface area contributed by atoms with Crippen LogP contribution in [0.2, 0.25) is 0 Å². The van der Waals surface area contributed by atoms with E-state index in [0.29, 0.717) is 6.42 Å². The summed E-state index contributed by atoms with van der Waals surface area (Å²) in [6.07, 6.45) is -1.01. The largest absolute Gasteiger partial charge is 0.444 e. The number of aliphatic hydroxyl groups excluding tert-OH is 1. The molecule has 140 valence electrons. The molecular weight excluding hydrogens is 320 g/mol. The Morgan fingerprint density at radius 1 is 1.24 bits per heavy atom. The van der Waals surface area contributed by atoms with Gasteiger partial charge in [0.2, 0.25) is 5.91 Å². The molecule has 0 heterocycles. The molecule has 0 aliphatic rings. The van der Waals surface area contributed by atoms with Crippen LogP contribution >= 0.6 is 0 Å². The van der Waals surface area contributed by atoms with E-state index in [2.05, 4.69) is 5.32 Å². The first kappa shape index (κ1) is 21.0. The van der Waals surface area contributed by atoms with Gasteiger partial charge in [-0.3, -0.25) is 4.79 Å². The topological polar surface area (TPSA) is 78.9 Å². The summed E-state index contributed by atoms with van der Waals surface area (Å²) in [6, 6.07) is 8.03. The molecule has 1 aromatic rings. The van der Waals surface area contributed by atoms with E-state index in [0.717, 1.165) is 5.56 Å². The van der Waals surface area contributed by atoms with E-state index in [1.165, 1.54) is 4.90 Å². The molecule has 0 radical (unpaired) electrons. The first-order chi connectivity index (χ1) is 11.6. The number of carbonyl (C=O) groups is 2. The van der Waals surface area contributed by atoms with Gasteiger partial charge in [0.15, 0.2) is 0 Å². The Morgan fingerprint density at radius 3 is 2.28 bits per heavy atom. The molecule has 3 atom stereocenters. The number of ether oxygens (including phenoxy) is 1. The van der Waals surface area contributed by atoms with E-state index < -0.39 is 29.9 Å². The second-order valence-corrected chi connectivity index (χ2v) is 7.15. The molecule has 0 aliphatic carbocycles. The summed E-state index contributed by atoms with van der Waals surface area (Å²) < 4.78 is 5.21. The molecule has 6 heteroatoms. The number of alkyl carbamates (subject to hydrolysis) is 1. The lowest BCUT2D eigenvalue weighted by atomic mass is 10.0. The lowest BCUT2D eigenvalue weighted by molar-refractivity contribution is -0.136. The third-order valence-electron chi connectivity index (χ3n) is 3.95. The molecule has 2 amide bonds. The lowest BCUT2D eigenvalue weighted by Crippen LogP contribution is -2.51.